The summed E-state index contributed by atoms with van der Waals surface area (Å²) in [6.45, 7) is 0. The summed E-state index contributed by atoms with van der Waals surface area (Å²) in [5.74, 6) is 2.42. The van der Waals surface area contributed by atoms with E-state index in [9.17, 15) is 9.90 Å². The maximum atomic E-state index is 12.1. The molecule has 0 radical (unpaired) electrons. The number of benzene rings is 2. The van der Waals surface area contributed by atoms with Crippen LogP contribution in [0.5, 0.6) is 0 Å². The largest absolute Gasteiger partial charge is 0.386 e. The van der Waals surface area contributed by atoms with Crippen molar-refractivity contribution in [3.63, 3.8) is 0 Å². The SMILES string of the molecule is C#CCCCC(=O)N[C@@H](c1ccccc1)[C@@H](O)c1ccccc1. The van der Waals surface area contributed by atoms with Crippen molar-refractivity contribution in [2.75, 3.05) is 0 Å². The number of unbranched alkanes of at least 4 members (excludes halogenated alkanes) is 1. The lowest BCUT2D eigenvalue weighted by Crippen LogP contribution is -2.32. The van der Waals surface area contributed by atoms with Crippen LogP contribution >= 0.6 is 0 Å². The van der Waals surface area contributed by atoms with Crippen molar-refractivity contribution >= 4 is 5.91 Å². The molecule has 2 aromatic rings. The van der Waals surface area contributed by atoms with Gasteiger partial charge >= 0.3 is 0 Å². The Morgan fingerprint density at radius 1 is 1.04 bits per heavy atom. The summed E-state index contributed by atoms with van der Waals surface area (Å²) in [6, 6.07) is 18.3. The summed E-state index contributed by atoms with van der Waals surface area (Å²) in [6.07, 6.45) is 5.97. The van der Waals surface area contributed by atoms with Gasteiger partial charge in [-0.3, -0.25) is 4.79 Å². The summed E-state index contributed by atoms with van der Waals surface area (Å²) in [5.41, 5.74) is 1.64. The maximum absolute atomic E-state index is 12.1. The molecule has 23 heavy (non-hydrogen) atoms. The van der Waals surface area contributed by atoms with E-state index in [1.165, 1.54) is 0 Å². The molecule has 0 bridgehead atoms. The first-order valence-electron chi connectivity index (χ1n) is 7.73. The molecule has 0 heterocycles. The average molecular weight is 307 g/mol. The fourth-order valence-electron chi connectivity index (χ4n) is 2.44. The van der Waals surface area contributed by atoms with Gasteiger partial charge in [-0.1, -0.05) is 60.7 Å². The second kappa shape index (κ2) is 8.77. The summed E-state index contributed by atoms with van der Waals surface area (Å²) in [5, 5.41) is 13.6. The van der Waals surface area contributed by atoms with E-state index in [4.69, 9.17) is 6.42 Å². The van der Waals surface area contributed by atoms with Crippen molar-refractivity contribution in [3.8, 4) is 12.3 Å². The van der Waals surface area contributed by atoms with Crippen molar-refractivity contribution < 1.29 is 9.90 Å². The molecule has 118 valence electrons. The minimum Gasteiger partial charge on any atom is -0.386 e. The predicted octanol–water partition coefficient (Wildman–Crippen LogP) is 3.38. The van der Waals surface area contributed by atoms with E-state index < -0.39 is 12.1 Å². The van der Waals surface area contributed by atoms with Gasteiger partial charge in [-0.05, 0) is 17.5 Å². The van der Waals surface area contributed by atoms with Crippen LogP contribution in [-0.4, -0.2) is 11.0 Å². The van der Waals surface area contributed by atoms with Gasteiger partial charge in [0, 0.05) is 12.8 Å². The molecule has 3 heteroatoms. The average Bonchev–Trinajstić information content (AvgIpc) is 2.61. The zero-order valence-corrected chi connectivity index (χ0v) is 13.0. The summed E-state index contributed by atoms with van der Waals surface area (Å²) < 4.78 is 0. The van der Waals surface area contributed by atoms with E-state index in [0.29, 0.717) is 19.3 Å². The van der Waals surface area contributed by atoms with Gasteiger partial charge in [0.05, 0.1) is 6.04 Å². The zero-order chi connectivity index (χ0) is 16.5. The van der Waals surface area contributed by atoms with E-state index >= 15 is 0 Å². The topological polar surface area (TPSA) is 49.3 Å². The summed E-state index contributed by atoms with van der Waals surface area (Å²) in [4.78, 5) is 12.1. The molecule has 1 amide bonds. The number of carbonyl (C=O) groups excluding carboxylic acids is 1. The molecular weight excluding hydrogens is 286 g/mol. The predicted molar refractivity (Wildman–Crippen MR) is 91.4 cm³/mol. The number of hydrogen-bond acceptors (Lipinski definition) is 2. The van der Waals surface area contributed by atoms with Crippen LogP contribution in [0.4, 0.5) is 0 Å². The van der Waals surface area contributed by atoms with E-state index in [1.807, 2.05) is 60.7 Å². The quantitative estimate of drug-likeness (QED) is 0.608. The van der Waals surface area contributed by atoms with E-state index in [2.05, 4.69) is 11.2 Å². The lowest BCUT2D eigenvalue weighted by Gasteiger charge is -2.25. The Balaban J connectivity index is 2.16. The molecular formula is C20H21NO2. The fraction of sp³-hybridized carbons (Fsp3) is 0.250. The number of hydrogen-bond donors (Lipinski definition) is 2. The lowest BCUT2D eigenvalue weighted by atomic mass is 9.95. The van der Waals surface area contributed by atoms with E-state index in [1.54, 1.807) is 0 Å². The Hall–Kier alpha value is -2.57. The van der Waals surface area contributed by atoms with Crippen molar-refractivity contribution in [1.82, 2.24) is 5.32 Å². The molecule has 3 nitrogen and oxygen atoms in total. The zero-order valence-electron chi connectivity index (χ0n) is 13.0. The van der Waals surface area contributed by atoms with Gasteiger partial charge in [0.2, 0.25) is 5.91 Å². The number of amides is 1. The second-order valence-corrected chi connectivity index (χ2v) is 5.37. The first kappa shape index (κ1) is 16.8. The molecule has 0 aliphatic carbocycles. The molecule has 0 aliphatic rings. The van der Waals surface area contributed by atoms with Crippen LogP contribution in [0, 0.1) is 12.3 Å². The highest BCUT2D eigenvalue weighted by Crippen LogP contribution is 2.28. The Morgan fingerprint density at radius 3 is 2.17 bits per heavy atom. The Morgan fingerprint density at radius 2 is 1.61 bits per heavy atom. The second-order valence-electron chi connectivity index (χ2n) is 5.37. The van der Waals surface area contributed by atoms with E-state index in [-0.39, 0.29) is 5.91 Å². The van der Waals surface area contributed by atoms with Gasteiger partial charge < -0.3 is 10.4 Å². The van der Waals surface area contributed by atoms with Crippen molar-refractivity contribution in [2.24, 2.45) is 0 Å². The number of aliphatic hydroxyl groups is 1. The molecule has 2 N–H and O–H groups in total. The Bertz CT molecular complexity index is 646. The Kier molecular flexibility index (Phi) is 6.40. The van der Waals surface area contributed by atoms with Crippen LogP contribution in [0.1, 0.15) is 42.5 Å². The molecule has 2 aromatic carbocycles. The molecule has 0 aliphatic heterocycles. The van der Waals surface area contributed by atoms with Gasteiger partial charge in [-0.2, -0.15) is 0 Å². The third-order valence-corrected chi connectivity index (χ3v) is 3.66. The van der Waals surface area contributed by atoms with Crippen LogP contribution in [-0.2, 0) is 4.79 Å². The van der Waals surface area contributed by atoms with Crippen LogP contribution in [0.3, 0.4) is 0 Å². The normalized spacial score (nSPS) is 12.9. The third-order valence-electron chi connectivity index (χ3n) is 3.66. The molecule has 0 spiro atoms. The Labute approximate surface area is 137 Å². The highest BCUT2D eigenvalue weighted by Gasteiger charge is 2.24. The number of terminal acetylenes is 1. The van der Waals surface area contributed by atoms with Crippen molar-refractivity contribution in [3.05, 3.63) is 71.8 Å². The molecule has 0 unspecified atom stereocenters. The number of aliphatic hydroxyl groups excluding tert-OH is 1. The molecule has 2 atom stereocenters. The first-order chi connectivity index (χ1) is 11.2. The minimum atomic E-state index is -0.810. The molecule has 0 aromatic heterocycles. The van der Waals surface area contributed by atoms with Crippen LogP contribution < -0.4 is 5.32 Å². The smallest absolute Gasteiger partial charge is 0.220 e. The van der Waals surface area contributed by atoms with Gasteiger partial charge in [-0.25, -0.2) is 0 Å². The first-order valence-corrected chi connectivity index (χ1v) is 7.73. The fourth-order valence-corrected chi connectivity index (χ4v) is 2.44. The third kappa shape index (κ3) is 4.98. The highest BCUT2D eigenvalue weighted by atomic mass is 16.3. The summed E-state index contributed by atoms with van der Waals surface area (Å²) >= 11 is 0. The number of carbonyl (C=O) groups is 1. The summed E-state index contributed by atoms with van der Waals surface area (Å²) in [7, 11) is 0. The number of rotatable bonds is 7. The van der Waals surface area contributed by atoms with Crippen LogP contribution in [0.25, 0.3) is 0 Å². The lowest BCUT2D eigenvalue weighted by molar-refractivity contribution is -0.122. The van der Waals surface area contributed by atoms with Gasteiger partial charge in [0.1, 0.15) is 6.10 Å². The van der Waals surface area contributed by atoms with E-state index in [0.717, 1.165) is 11.1 Å². The molecule has 2 rings (SSSR count). The van der Waals surface area contributed by atoms with Gasteiger partial charge in [0.25, 0.3) is 0 Å². The van der Waals surface area contributed by atoms with Gasteiger partial charge in [-0.15, -0.1) is 12.3 Å². The maximum Gasteiger partial charge on any atom is 0.220 e. The molecule has 0 saturated carbocycles. The minimum absolute atomic E-state index is 0.107. The van der Waals surface area contributed by atoms with Crippen molar-refractivity contribution in [1.29, 1.82) is 0 Å². The van der Waals surface area contributed by atoms with Crippen LogP contribution in [0.2, 0.25) is 0 Å². The molecule has 0 fully saturated rings. The molecule has 0 saturated heterocycles. The van der Waals surface area contributed by atoms with Crippen molar-refractivity contribution in [2.45, 2.75) is 31.4 Å². The van der Waals surface area contributed by atoms with Gasteiger partial charge in [0.15, 0.2) is 0 Å². The monoisotopic (exact) mass is 307 g/mol. The van der Waals surface area contributed by atoms with Crippen LogP contribution in [0.15, 0.2) is 60.7 Å². The number of nitrogens with one attached hydrogen (secondary N) is 1. The highest BCUT2D eigenvalue weighted by molar-refractivity contribution is 5.76. The standard InChI is InChI=1S/C20H21NO2/c1-2-3-6-15-18(22)21-19(16-11-7-4-8-12-16)20(23)17-13-9-5-10-14-17/h1,4-5,7-14,19-20,23H,3,6,15H2,(H,21,22)/t19-,20-/m0/s1.